The van der Waals surface area contributed by atoms with Crippen LogP contribution in [0.1, 0.15) is 29.6 Å². The van der Waals surface area contributed by atoms with Gasteiger partial charge in [-0.25, -0.2) is 0 Å². The van der Waals surface area contributed by atoms with Gasteiger partial charge in [0.15, 0.2) is 0 Å². The molecule has 1 atom stereocenters. The molecule has 1 aromatic rings. The van der Waals surface area contributed by atoms with E-state index in [0.29, 0.717) is 6.54 Å². The minimum absolute atomic E-state index is 0.100. The van der Waals surface area contributed by atoms with Crippen LogP contribution in [0, 0.1) is 0 Å². The van der Waals surface area contributed by atoms with Gasteiger partial charge in [-0.1, -0.05) is 18.6 Å². The third-order valence-electron chi connectivity index (χ3n) is 3.27. The van der Waals surface area contributed by atoms with Crippen LogP contribution in [-0.2, 0) is 0 Å². The molecule has 110 valence electrons. The Kier molecular flexibility index (Phi) is 5.29. The second-order valence-electron chi connectivity index (χ2n) is 4.73. The Balaban J connectivity index is 1.94. The fourth-order valence-electron chi connectivity index (χ4n) is 2.26. The molecule has 1 heterocycles. The molecule has 0 bridgehead atoms. The normalized spacial score (nSPS) is 18.9. The van der Waals surface area contributed by atoms with Crippen LogP contribution in [0.4, 0.5) is 8.78 Å². The average molecular weight is 284 g/mol. The van der Waals surface area contributed by atoms with Crippen LogP contribution < -0.4 is 15.4 Å². The van der Waals surface area contributed by atoms with E-state index in [1.807, 2.05) is 0 Å². The molecular weight excluding hydrogens is 266 g/mol. The van der Waals surface area contributed by atoms with Crippen LogP contribution in [0.5, 0.6) is 5.75 Å². The molecule has 0 aliphatic carbocycles. The van der Waals surface area contributed by atoms with Crippen LogP contribution in [0.3, 0.4) is 0 Å². The summed E-state index contributed by atoms with van der Waals surface area (Å²) < 4.78 is 28.9. The number of hydrogen-bond acceptors (Lipinski definition) is 3. The molecule has 0 spiro atoms. The number of benzene rings is 1. The zero-order valence-corrected chi connectivity index (χ0v) is 11.1. The molecule has 4 nitrogen and oxygen atoms in total. The number of rotatable bonds is 5. The zero-order chi connectivity index (χ0) is 14.4. The van der Waals surface area contributed by atoms with Gasteiger partial charge in [-0.3, -0.25) is 4.79 Å². The van der Waals surface area contributed by atoms with Crippen molar-refractivity contribution in [1.29, 1.82) is 0 Å². The fourth-order valence-corrected chi connectivity index (χ4v) is 2.26. The predicted molar refractivity (Wildman–Crippen MR) is 71.0 cm³/mol. The molecule has 1 unspecified atom stereocenters. The van der Waals surface area contributed by atoms with E-state index in [0.717, 1.165) is 25.8 Å². The monoisotopic (exact) mass is 284 g/mol. The standard InChI is InChI=1S/C14H18F2N2O2/c15-14(16)20-12-7-2-1-6-11(12)13(19)18-9-10-5-3-4-8-17-10/h1-2,6-7,10,14,17H,3-5,8-9H2,(H,18,19). The molecule has 0 saturated carbocycles. The van der Waals surface area contributed by atoms with Crippen molar-refractivity contribution in [2.45, 2.75) is 31.9 Å². The van der Waals surface area contributed by atoms with E-state index in [-0.39, 0.29) is 17.4 Å². The molecule has 0 aromatic heterocycles. The number of ether oxygens (including phenoxy) is 1. The maximum Gasteiger partial charge on any atom is 0.387 e. The summed E-state index contributed by atoms with van der Waals surface area (Å²) in [6, 6.07) is 6.25. The minimum atomic E-state index is -2.94. The summed E-state index contributed by atoms with van der Waals surface area (Å²) in [5, 5.41) is 6.06. The van der Waals surface area contributed by atoms with Gasteiger partial charge in [0.2, 0.25) is 0 Å². The number of hydrogen-bond donors (Lipinski definition) is 2. The first-order valence-corrected chi connectivity index (χ1v) is 6.72. The maximum atomic E-state index is 12.3. The number of piperidine rings is 1. The van der Waals surface area contributed by atoms with Crippen LogP contribution >= 0.6 is 0 Å². The van der Waals surface area contributed by atoms with E-state index in [1.54, 1.807) is 12.1 Å². The Bertz CT molecular complexity index is 449. The molecule has 1 fully saturated rings. The van der Waals surface area contributed by atoms with Crippen LogP contribution in [0.2, 0.25) is 0 Å². The van der Waals surface area contributed by atoms with Crippen LogP contribution in [-0.4, -0.2) is 31.7 Å². The lowest BCUT2D eigenvalue weighted by Crippen LogP contribution is -2.43. The largest absolute Gasteiger partial charge is 0.434 e. The molecule has 2 rings (SSSR count). The summed E-state index contributed by atoms with van der Waals surface area (Å²) in [5.41, 5.74) is 0.128. The van der Waals surface area contributed by atoms with Gasteiger partial charge in [0.05, 0.1) is 5.56 Å². The second kappa shape index (κ2) is 7.19. The lowest BCUT2D eigenvalue weighted by Gasteiger charge is -2.23. The molecular formula is C14H18F2N2O2. The molecule has 1 aromatic carbocycles. The Morgan fingerprint density at radius 2 is 2.20 bits per heavy atom. The molecule has 1 aliphatic rings. The predicted octanol–water partition coefficient (Wildman–Crippen LogP) is 2.16. The van der Waals surface area contributed by atoms with Gasteiger partial charge in [-0.2, -0.15) is 8.78 Å². The molecule has 1 amide bonds. The third kappa shape index (κ3) is 4.16. The van der Waals surface area contributed by atoms with Gasteiger partial charge in [0, 0.05) is 12.6 Å². The van der Waals surface area contributed by atoms with E-state index < -0.39 is 12.5 Å². The van der Waals surface area contributed by atoms with E-state index in [1.165, 1.54) is 12.1 Å². The highest BCUT2D eigenvalue weighted by molar-refractivity contribution is 5.96. The van der Waals surface area contributed by atoms with Crippen molar-refractivity contribution in [3.8, 4) is 5.75 Å². The summed E-state index contributed by atoms with van der Waals surface area (Å²) in [4.78, 5) is 12.0. The minimum Gasteiger partial charge on any atom is -0.434 e. The van der Waals surface area contributed by atoms with Crippen molar-refractivity contribution in [1.82, 2.24) is 10.6 Å². The Morgan fingerprint density at radius 3 is 2.90 bits per heavy atom. The molecule has 1 saturated heterocycles. The molecule has 0 radical (unpaired) electrons. The van der Waals surface area contributed by atoms with Crippen molar-refractivity contribution >= 4 is 5.91 Å². The first-order valence-electron chi connectivity index (χ1n) is 6.72. The third-order valence-corrected chi connectivity index (χ3v) is 3.27. The van der Waals surface area contributed by atoms with E-state index >= 15 is 0 Å². The van der Waals surface area contributed by atoms with Gasteiger partial charge in [0.25, 0.3) is 5.91 Å². The Morgan fingerprint density at radius 1 is 1.40 bits per heavy atom. The number of amides is 1. The number of para-hydroxylation sites is 1. The highest BCUT2D eigenvalue weighted by Gasteiger charge is 2.17. The topological polar surface area (TPSA) is 50.4 Å². The number of carbonyl (C=O) groups excluding carboxylic acids is 1. The average Bonchev–Trinajstić information content (AvgIpc) is 2.46. The SMILES string of the molecule is O=C(NCC1CCCCN1)c1ccccc1OC(F)F. The lowest BCUT2D eigenvalue weighted by atomic mass is 10.0. The van der Waals surface area contributed by atoms with Crippen molar-refractivity contribution in [2.75, 3.05) is 13.1 Å². The van der Waals surface area contributed by atoms with E-state index in [9.17, 15) is 13.6 Å². The number of carbonyl (C=O) groups is 1. The first kappa shape index (κ1) is 14.7. The number of alkyl halides is 2. The van der Waals surface area contributed by atoms with Gasteiger partial charge in [-0.15, -0.1) is 0 Å². The lowest BCUT2D eigenvalue weighted by molar-refractivity contribution is -0.0501. The highest BCUT2D eigenvalue weighted by Crippen LogP contribution is 2.20. The summed E-state index contributed by atoms with van der Waals surface area (Å²) in [7, 11) is 0. The van der Waals surface area contributed by atoms with Crippen LogP contribution in [0.25, 0.3) is 0 Å². The fraction of sp³-hybridized carbons (Fsp3) is 0.500. The van der Waals surface area contributed by atoms with Crippen LogP contribution in [0.15, 0.2) is 24.3 Å². The summed E-state index contributed by atoms with van der Waals surface area (Å²) in [6.45, 7) is -1.50. The van der Waals surface area contributed by atoms with Crippen molar-refractivity contribution in [3.63, 3.8) is 0 Å². The zero-order valence-electron chi connectivity index (χ0n) is 11.1. The molecule has 1 aliphatic heterocycles. The first-order chi connectivity index (χ1) is 9.66. The quantitative estimate of drug-likeness (QED) is 0.871. The van der Waals surface area contributed by atoms with Gasteiger partial charge >= 0.3 is 6.61 Å². The molecule has 2 N–H and O–H groups in total. The maximum absolute atomic E-state index is 12.3. The smallest absolute Gasteiger partial charge is 0.387 e. The summed E-state index contributed by atoms with van der Waals surface area (Å²) >= 11 is 0. The van der Waals surface area contributed by atoms with Gasteiger partial charge < -0.3 is 15.4 Å². The van der Waals surface area contributed by atoms with Crippen molar-refractivity contribution in [3.05, 3.63) is 29.8 Å². The molecule has 6 heteroatoms. The van der Waals surface area contributed by atoms with E-state index in [2.05, 4.69) is 15.4 Å². The van der Waals surface area contributed by atoms with E-state index in [4.69, 9.17) is 0 Å². The van der Waals surface area contributed by atoms with Crippen molar-refractivity contribution < 1.29 is 18.3 Å². The number of halogens is 2. The molecule has 20 heavy (non-hydrogen) atoms. The highest BCUT2D eigenvalue weighted by atomic mass is 19.3. The Hall–Kier alpha value is -1.69. The summed E-state index contributed by atoms with van der Waals surface area (Å²) in [5.74, 6) is -0.495. The van der Waals surface area contributed by atoms with Gasteiger partial charge in [0.1, 0.15) is 5.75 Å². The van der Waals surface area contributed by atoms with Crippen molar-refractivity contribution in [2.24, 2.45) is 0 Å². The van der Waals surface area contributed by atoms with Gasteiger partial charge in [-0.05, 0) is 31.5 Å². The Labute approximate surface area is 116 Å². The second-order valence-corrected chi connectivity index (χ2v) is 4.73. The summed E-state index contributed by atoms with van der Waals surface area (Å²) in [6.07, 6.45) is 3.30. The number of nitrogens with one attached hydrogen (secondary N) is 2.